The maximum atomic E-state index is 8.81. The first kappa shape index (κ1) is 13.3. The molecule has 0 unspecified atom stereocenters. The molecule has 18 heavy (non-hydrogen) atoms. The molecule has 0 spiro atoms. The second-order valence-corrected chi connectivity index (χ2v) is 4.85. The molecule has 0 saturated carbocycles. The van der Waals surface area contributed by atoms with Crippen molar-refractivity contribution < 1.29 is 9.84 Å². The predicted octanol–water partition coefficient (Wildman–Crippen LogP) is 1.62. The number of likely N-dealkylation sites (tertiary alicyclic amines) is 1. The van der Waals surface area contributed by atoms with E-state index in [9.17, 15) is 0 Å². The Hall–Kier alpha value is -1.13. The molecule has 4 nitrogen and oxygen atoms in total. The molecule has 2 heterocycles. The smallest absolute Gasteiger partial charge is 0.213 e. The quantitative estimate of drug-likeness (QED) is 0.862. The molecule has 0 radical (unpaired) electrons. The van der Waals surface area contributed by atoms with Gasteiger partial charge in [-0.15, -0.1) is 0 Å². The van der Waals surface area contributed by atoms with E-state index in [-0.39, 0.29) is 12.7 Å². The molecule has 1 fully saturated rings. The molecule has 0 bridgehead atoms. The number of rotatable bonds is 5. The minimum absolute atomic E-state index is 0.281. The van der Waals surface area contributed by atoms with Crippen molar-refractivity contribution in [2.75, 3.05) is 26.2 Å². The highest BCUT2D eigenvalue weighted by molar-refractivity contribution is 5.15. The third-order valence-corrected chi connectivity index (χ3v) is 3.32. The van der Waals surface area contributed by atoms with Crippen LogP contribution in [0.2, 0.25) is 0 Å². The molecular weight excluding hydrogens is 228 g/mol. The van der Waals surface area contributed by atoms with Gasteiger partial charge in [0.1, 0.15) is 6.10 Å². The lowest BCUT2D eigenvalue weighted by molar-refractivity contribution is 0.0928. The standard InChI is InChI=1S/C14H22N2O2/c1-12-4-2-5-14(15-12)18-13-6-9-16(10-7-13)8-3-11-17/h2,4-5,13,17H,3,6-11H2,1H3. The number of ether oxygens (including phenoxy) is 1. The van der Waals surface area contributed by atoms with Gasteiger partial charge < -0.3 is 14.7 Å². The van der Waals surface area contributed by atoms with Gasteiger partial charge in [0.15, 0.2) is 0 Å². The number of hydrogen-bond acceptors (Lipinski definition) is 4. The third-order valence-electron chi connectivity index (χ3n) is 3.32. The summed E-state index contributed by atoms with van der Waals surface area (Å²) in [5, 5.41) is 8.81. The van der Waals surface area contributed by atoms with Crippen LogP contribution in [0.3, 0.4) is 0 Å². The second kappa shape index (κ2) is 6.71. The normalized spacial score (nSPS) is 17.9. The monoisotopic (exact) mass is 250 g/mol. The number of nitrogens with zero attached hydrogens (tertiary/aromatic N) is 2. The number of aliphatic hydroxyl groups excluding tert-OH is 1. The Balaban J connectivity index is 1.76. The molecule has 4 heteroatoms. The maximum absolute atomic E-state index is 8.81. The van der Waals surface area contributed by atoms with E-state index in [2.05, 4.69) is 9.88 Å². The Labute approximate surface area is 109 Å². The van der Waals surface area contributed by atoms with E-state index in [1.165, 1.54) is 0 Å². The van der Waals surface area contributed by atoms with Crippen molar-refractivity contribution in [1.29, 1.82) is 0 Å². The molecule has 1 aromatic rings. The summed E-state index contributed by atoms with van der Waals surface area (Å²) in [4.78, 5) is 6.76. The number of aromatic nitrogens is 1. The van der Waals surface area contributed by atoms with Crippen molar-refractivity contribution >= 4 is 0 Å². The van der Waals surface area contributed by atoms with Crippen LogP contribution in [0.5, 0.6) is 5.88 Å². The van der Waals surface area contributed by atoms with E-state index in [1.807, 2.05) is 25.1 Å². The van der Waals surface area contributed by atoms with Crippen LogP contribution in [0.15, 0.2) is 18.2 Å². The highest BCUT2D eigenvalue weighted by Crippen LogP contribution is 2.17. The Morgan fingerprint density at radius 3 is 2.83 bits per heavy atom. The molecule has 1 aliphatic heterocycles. The van der Waals surface area contributed by atoms with Crippen LogP contribution >= 0.6 is 0 Å². The van der Waals surface area contributed by atoms with E-state index >= 15 is 0 Å². The number of aliphatic hydroxyl groups is 1. The van der Waals surface area contributed by atoms with Crippen molar-refractivity contribution in [3.63, 3.8) is 0 Å². The summed E-state index contributed by atoms with van der Waals surface area (Å²) in [5.74, 6) is 0.740. The van der Waals surface area contributed by atoms with E-state index in [0.29, 0.717) is 0 Å². The molecule has 0 atom stereocenters. The van der Waals surface area contributed by atoms with E-state index < -0.39 is 0 Å². The largest absolute Gasteiger partial charge is 0.474 e. The van der Waals surface area contributed by atoms with Crippen molar-refractivity contribution in [3.05, 3.63) is 23.9 Å². The molecule has 100 valence electrons. The molecule has 1 N–H and O–H groups in total. The van der Waals surface area contributed by atoms with Crippen molar-refractivity contribution in [3.8, 4) is 5.88 Å². The molecule has 0 amide bonds. The summed E-state index contributed by atoms with van der Waals surface area (Å²) in [5.41, 5.74) is 0.993. The summed E-state index contributed by atoms with van der Waals surface area (Å²) in [6.45, 7) is 5.35. The van der Waals surface area contributed by atoms with Crippen LogP contribution in [0, 0.1) is 6.92 Å². The lowest BCUT2D eigenvalue weighted by Crippen LogP contribution is -2.39. The average Bonchev–Trinajstić information content (AvgIpc) is 2.38. The lowest BCUT2D eigenvalue weighted by atomic mass is 10.1. The predicted molar refractivity (Wildman–Crippen MR) is 70.8 cm³/mol. The second-order valence-electron chi connectivity index (χ2n) is 4.85. The number of hydrogen-bond donors (Lipinski definition) is 1. The van der Waals surface area contributed by atoms with Gasteiger partial charge in [-0.2, -0.15) is 0 Å². The van der Waals surface area contributed by atoms with E-state index in [4.69, 9.17) is 9.84 Å². The zero-order valence-electron chi connectivity index (χ0n) is 11.0. The molecule has 1 aliphatic rings. The Bertz CT molecular complexity index is 363. The molecular formula is C14H22N2O2. The number of aryl methyl sites for hydroxylation is 1. The van der Waals surface area contributed by atoms with E-state index in [1.54, 1.807) is 0 Å². The fourth-order valence-corrected chi connectivity index (χ4v) is 2.30. The fourth-order valence-electron chi connectivity index (χ4n) is 2.30. The topological polar surface area (TPSA) is 45.6 Å². The number of piperidine rings is 1. The summed E-state index contributed by atoms with van der Waals surface area (Å²) in [6.07, 6.45) is 3.23. The van der Waals surface area contributed by atoms with Gasteiger partial charge in [-0.25, -0.2) is 4.98 Å². The van der Waals surface area contributed by atoms with Gasteiger partial charge >= 0.3 is 0 Å². The highest BCUT2D eigenvalue weighted by Gasteiger charge is 2.20. The van der Waals surface area contributed by atoms with Crippen LogP contribution in [0.4, 0.5) is 0 Å². The van der Waals surface area contributed by atoms with Gasteiger partial charge in [-0.1, -0.05) is 6.07 Å². The summed E-state index contributed by atoms with van der Waals surface area (Å²) in [7, 11) is 0. The SMILES string of the molecule is Cc1cccc(OC2CCN(CCCO)CC2)n1. The van der Waals surface area contributed by atoms with Gasteiger partial charge in [-0.05, 0) is 32.3 Å². The zero-order valence-corrected chi connectivity index (χ0v) is 11.0. The van der Waals surface area contributed by atoms with Gasteiger partial charge in [0.2, 0.25) is 5.88 Å². The van der Waals surface area contributed by atoms with Crippen LogP contribution in [-0.2, 0) is 0 Å². The van der Waals surface area contributed by atoms with Gasteiger partial charge in [0.25, 0.3) is 0 Å². The van der Waals surface area contributed by atoms with Gasteiger partial charge in [-0.3, -0.25) is 0 Å². The maximum Gasteiger partial charge on any atom is 0.213 e. The highest BCUT2D eigenvalue weighted by atomic mass is 16.5. The first-order valence-electron chi connectivity index (χ1n) is 6.71. The third kappa shape index (κ3) is 3.96. The first-order valence-corrected chi connectivity index (χ1v) is 6.71. The first-order chi connectivity index (χ1) is 8.78. The van der Waals surface area contributed by atoms with Crippen LogP contribution in [-0.4, -0.2) is 47.3 Å². The van der Waals surface area contributed by atoms with Crippen molar-refractivity contribution in [2.24, 2.45) is 0 Å². The number of pyridine rings is 1. The van der Waals surface area contributed by atoms with Gasteiger partial charge in [0, 0.05) is 38.0 Å². The fraction of sp³-hybridized carbons (Fsp3) is 0.643. The van der Waals surface area contributed by atoms with Crippen LogP contribution in [0.1, 0.15) is 25.0 Å². The minimum atomic E-state index is 0.281. The molecule has 0 aliphatic carbocycles. The molecule has 0 aromatic carbocycles. The summed E-state index contributed by atoms with van der Waals surface area (Å²) in [6, 6.07) is 5.88. The van der Waals surface area contributed by atoms with Crippen LogP contribution in [0.25, 0.3) is 0 Å². The van der Waals surface area contributed by atoms with Gasteiger partial charge in [0.05, 0.1) is 0 Å². The van der Waals surface area contributed by atoms with Crippen molar-refractivity contribution in [1.82, 2.24) is 9.88 Å². The molecule has 1 saturated heterocycles. The van der Waals surface area contributed by atoms with E-state index in [0.717, 1.165) is 50.5 Å². The minimum Gasteiger partial charge on any atom is -0.474 e. The van der Waals surface area contributed by atoms with Crippen LogP contribution < -0.4 is 4.74 Å². The zero-order chi connectivity index (χ0) is 12.8. The van der Waals surface area contributed by atoms with Crippen molar-refractivity contribution in [2.45, 2.75) is 32.3 Å². The Kier molecular flexibility index (Phi) is 4.96. The summed E-state index contributed by atoms with van der Waals surface area (Å²) < 4.78 is 5.90. The summed E-state index contributed by atoms with van der Waals surface area (Å²) >= 11 is 0. The Morgan fingerprint density at radius 1 is 1.39 bits per heavy atom. The molecule has 2 rings (SSSR count). The lowest BCUT2D eigenvalue weighted by Gasteiger charge is -2.31. The Morgan fingerprint density at radius 2 is 2.17 bits per heavy atom. The average molecular weight is 250 g/mol. The molecule has 1 aromatic heterocycles.